The zero-order valence-electron chi connectivity index (χ0n) is 8.90. The molecule has 0 N–H and O–H groups in total. The highest BCUT2D eigenvalue weighted by atomic mass is 16.6. The van der Waals surface area contributed by atoms with Crippen LogP contribution in [0.25, 0.3) is 5.69 Å². The summed E-state index contributed by atoms with van der Waals surface area (Å²) in [4.78, 5) is 25.3. The second kappa shape index (κ2) is 4.12. The molecule has 7 heteroatoms. The minimum Gasteiger partial charge on any atom is -0.294 e. The van der Waals surface area contributed by atoms with E-state index in [0.29, 0.717) is 5.69 Å². The van der Waals surface area contributed by atoms with E-state index in [1.54, 1.807) is 0 Å². The predicted octanol–water partition coefficient (Wildman–Crippen LogP) is 1.38. The molecule has 86 valence electrons. The van der Waals surface area contributed by atoms with Crippen LogP contribution in [-0.4, -0.2) is 25.5 Å². The predicted molar refractivity (Wildman–Crippen MR) is 58.0 cm³/mol. The largest absolute Gasteiger partial charge is 0.294 e. The third kappa shape index (κ3) is 2.03. The standard InChI is InChI=1S/C10H8N4O3/c1-7(15)9-4-8(14(16)17)2-3-10(9)13-6-11-5-12-13/h2-6H,1H3. The first-order chi connectivity index (χ1) is 8.09. The summed E-state index contributed by atoms with van der Waals surface area (Å²) < 4.78 is 1.39. The molecule has 0 spiro atoms. The van der Waals surface area contributed by atoms with Gasteiger partial charge in [0.25, 0.3) is 5.69 Å². The van der Waals surface area contributed by atoms with E-state index in [1.165, 1.54) is 42.5 Å². The van der Waals surface area contributed by atoms with Gasteiger partial charge >= 0.3 is 0 Å². The number of carbonyl (C=O) groups excluding carboxylic acids is 1. The van der Waals surface area contributed by atoms with Crippen molar-refractivity contribution in [3.05, 3.63) is 46.5 Å². The fourth-order valence-corrected chi connectivity index (χ4v) is 1.45. The van der Waals surface area contributed by atoms with Crippen LogP contribution in [0, 0.1) is 10.1 Å². The fourth-order valence-electron chi connectivity index (χ4n) is 1.45. The molecule has 1 aromatic carbocycles. The van der Waals surface area contributed by atoms with Crippen LogP contribution in [0.5, 0.6) is 0 Å². The van der Waals surface area contributed by atoms with Crippen molar-refractivity contribution < 1.29 is 9.72 Å². The third-order valence-electron chi connectivity index (χ3n) is 2.24. The molecule has 1 heterocycles. The molecule has 0 unspecified atom stereocenters. The van der Waals surface area contributed by atoms with Gasteiger partial charge in [-0.2, -0.15) is 5.10 Å². The number of benzene rings is 1. The number of nitro benzene ring substituents is 1. The lowest BCUT2D eigenvalue weighted by Crippen LogP contribution is -2.05. The molecule has 0 aliphatic heterocycles. The molecule has 0 radical (unpaired) electrons. The highest BCUT2D eigenvalue weighted by Gasteiger charge is 2.15. The van der Waals surface area contributed by atoms with Crippen molar-refractivity contribution >= 4 is 11.5 Å². The van der Waals surface area contributed by atoms with Crippen molar-refractivity contribution in [2.24, 2.45) is 0 Å². The van der Waals surface area contributed by atoms with Crippen molar-refractivity contribution in [3.8, 4) is 5.69 Å². The topological polar surface area (TPSA) is 90.9 Å². The van der Waals surface area contributed by atoms with Gasteiger partial charge in [-0.1, -0.05) is 0 Å². The van der Waals surface area contributed by atoms with Gasteiger partial charge in [-0.25, -0.2) is 9.67 Å². The second-order valence-corrected chi connectivity index (χ2v) is 3.35. The van der Waals surface area contributed by atoms with Crippen molar-refractivity contribution in [3.63, 3.8) is 0 Å². The molecule has 1 aromatic heterocycles. The minimum atomic E-state index is -0.544. The van der Waals surface area contributed by atoms with E-state index in [-0.39, 0.29) is 17.0 Å². The van der Waals surface area contributed by atoms with E-state index in [1.807, 2.05) is 0 Å². The van der Waals surface area contributed by atoms with E-state index >= 15 is 0 Å². The third-order valence-corrected chi connectivity index (χ3v) is 2.24. The van der Waals surface area contributed by atoms with Gasteiger partial charge in [0, 0.05) is 17.7 Å². The molecular formula is C10H8N4O3. The monoisotopic (exact) mass is 232 g/mol. The summed E-state index contributed by atoms with van der Waals surface area (Å²) in [6.45, 7) is 1.35. The molecule has 17 heavy (non-hydrogen) atoms. The number of nitro groups is 1. The first-order valence-electron chi connectivity index (χ1n) is 4.74. The number of non-ortho nitro benzene ring substituents is 1. The molecule has 0 saturated heterocycles. The van der Waals surface area contributed by atoms with Gasteiger partial charge in [-0.15, -0.1) is 0 Å². The van der Waals surface area contributed by atoms with Gasteiger partial charge in [0.2, 0.25) is 0 Å². The average molecular weight is 232 g/mol. The molecule has 0 bridgehead atoms. The molecule has 2 aromatic rings. The smallest absolute Gasteiger partial charge is 0.270 e. The highest BCUT2D eigenvalue weighted by Crippen LogP contribution is 2.20. The quantitative estimate of drug-likeness (QED) is 0.453. The molecule has 0 aliphatic carbocycles. The zero-order valence-corrected chi connectivity index (χ0v) is 8.90. The Morgan fingerprint density at radius 3 is 2.76 bits per heavy atom. The Kier molecular flexibility index (Phi) is 2.65. The molecule has 7 nitrogen and oxygen atoms in total. The summed E-state index contributed by atoms with van der Waals surface area (Å²) in [5.41, 5.74) is 0.587. The van der Waals surface area contributed by atoms with E-state index < -0.39 is 4.92 Å². The van der Waals surface area contributed by atoms with Crippen molar-refractivity contribution in [2.75, 3.05) is 0 Å². The summed E-state index contributed by atoms with van der Waals surface area (Å²) in [5, 5.41) is 14.5. The van der Waals surface area contributed by atoms with E-state index in [0.717, 1.165) is 0 Å². The van der Waals surface area contributed by atoms with Gasteiger partial charge in [0.05, 0.1) is 10.6 Å². The number of ketones is 1. The van der Waals surface area contributed by atoms with Crippen molar-refractivity contribution in [2.45, 2.75) is 6.92 Å². The number of carbonyl (C=O) groups is 1. The number of aromatic nitrogens is 3. The van der Waals surface area contributed by atoms with Crippen LogP contribution in [0.15, 0.2) is 30.9 Å². The Bertz CT molecular complexity index is 577. The molecular weight excluding hydrogens is 224 g/mol. The van der Waals surface area contributed by atoms with Crippen LogP contribution < -0.4 is 0 Å². The second-order valence-electron chi connectivity index (χ2n) is 3.35. The zero-order chi connectivity index (χ0) is 12.4. The van der Waals surface area contributed by atoms with Gasteiger partial charge in [0.15, 0.2) is 5.78 Å². The Morgan fingerprint density at radius 2 is 2.24 bits per heavy atom. The fraction of sp³-hybridized carbons (Fsp3) is 0.100. The summed E-state index contributed by atoms with van der Waals surface area (Å²) in [6.07, 6.45) is 2.75. The van der Waals surface area contributed by atoms with Crippen molar-refractivity contribution in [1.82, 2.24) is 14.8 Å². The number of Topliss-reactive ketones (excluding diaryl/α,β-unsaturated/α-hetero) is 1. The molecule has 0 amide bonds. The van der Waals surface area contributed by atoms with Crippen molar-refractivity contribution in [1.29, 1.82) is 0 Å². The van der Waals surface area contributed by atoms with Gasteiger partial charge in [0.1, 0.15) is 12.7 Å². The van der Waals surface area contributed by atoms with Gasteiger partial charge < -0.3 is 0 Å². The number of hydrogen-bond acceptors (Lipinski definition) is 5. The maximum atomic E-state index is 11.5. The van der Waals surface area contributed by atoms with Crippen LogP contribution in [0.2, 0.25) is 0 Å². The highest BCUT2D eigenvalue weighted by molar-refractivity contribution is 5.98. The lowest BCUT2D eigenvalue weighted by atomic mass is 10.1. The molecule has 0 saturated carbocycles. The molecule has 2 rings (SSSR count). The van der Waals surface area contributed by atoms with Crippen LogP contribution in [0.4, 0.5) is 5.69 Å². The lowest BCUT2D eigenvalue weighted by molar-refractivity contribution is -0.384. The molecule has 0 fully saturated rings. The summed E-state index contributed by atoms with van der Waals surface area (Å²) in [7, 11) is 0. The maximum absolute atomic E-state index is 11.5. The Balaban J connectivity index is 2.61. The average Bonchev–Trinajstić information content (AvgIpc) is 2.81. The Hall–Kier alpha value is -2.57. The normalized spacial score (nSPS) is 10.2. The van der Waals surface area contributed by atoms with Crippen LogP contribution in [0.3, 0.4) is 0 Å². The molecule has 0 atom stereocenters. The van der Waals surface area contributed by atoms with Crippen LogP contribution in [0.1, 0.15) is 17.3 Å². The summed E-state index contributed by atoms with van der Waals surface area (Å²) >= 11 is 0. The minimum absolute atomic E-state index is 0.126. The number of rotatable bonds is 3. The Morgan fingerprint density at radius 1 is 1.47 bits per heavy atom. The van der Waals surface area contributed by atoms with E-state index in [4.69, 9.17) is 0 Å². The van der Waals surface area contributed by atoms with Gasteiger partial charge in [-0.05, 0) is 13.0 Å². The number of nitrogens with zero attached hydrogens (tertiary/aromatic N) is 4. The molecule has 0 aliphatic rings. The lowest BCUT2D eigenvalue weighted by Gasteiger charge is -2.05. The number of hydrogen-bond donors (Lipinski definition) is 0. The van der Waals surface area contributed by atoms with Gasteiger partial charge in [-0.3, -0.25) is 14.9 Å². The van der Waals surface area contributed by atoms with E-state index in [9.17, 15) is 14.9 Å². The van der Waals surface area contributed by atoms with E-state index in [2.05, 4.69) is 10.1 Å². The maximum Gasteiger partial charge on any atom is 0.270 e. The first-order valence-corrected chi connectivity index (χ1v) is 4.74. The SMILES string of the molecule is CC(=O)c1cc([N+](=O)[O-])ccc1-n1cncn1. The Labute approximate surface area is 95.9 Å². The van der Waals surface area contributed by atoms with Crippen LogP contribution in [-0.2, 0) is 0 Å². The summed E-state index contributed by atoms with van der Waals surface area (Å²) in [6, 6.07) is 4.03. The first kappa shape index (κ1) is 10.9. The van der Waals surface area contributed by atoms with Crippen LogP contribution >= 0.6 is 0 Å². The summed E-state index contributed by atoms with van der Waals surface area (Å²) in [5.74, 6) is -0.265.